The van der Waals surface area contributed by atoms with E-state index < -0.39 is 0 Å². The van der Waals surface area contributed by atoms with E-state index in [-0.39, 0.29) is 0 Å². The first-order valence-electron chi connectivity index (χ1n) is 7.07. The number of pyridine rings is 1. The Kier molecular flexibility index (Phi) is 4.07. The van der Waals surface area contributed by atoms with Crippen LogP contribution >= 0.6 is 0 Å². The number of hydrogen-bond donors (Lipinski definition) is 0. The van der Waals surface area contributed by atoms with Crippen molar-refractivity contribution in [2.75, 3.05) is 7.11 Å². The molecule has 1 heterocycles. The van der Waals surface area contributed by atoms with Crippen LogP contribution in [0.2, 0.25) is 0 Å². The zero-order valence-electron chi connectivity index (χ0n) is 12.0. The molecule has 21 heavy (non-hydrogen) atoms. The highest BCUT2D eigenvalue weighted by molar-refractivity contribution is 5.33. The third-order valence-electron chi connectivity index (χ3n) is 3.28. The molecule has 0 aliphatic heterocycles. The van der Waals surface area contributed by atoms with Crippen molar-refractivity contribution >= 4 is 0 Å². The summed E-state index contributed by atoms with van der Waals surface area (Å²) in [5, 5.41) is 0. The van der Waals surface area contributed by atoms with Crippen LogP contribution in [0.3, 0.4) is 0 Å². The molecule has 0 unspecified atom stereocenters. The molecular weight excluding hydrogens is 262 g/mol. The van der Waals surface area contributed by atoms with E-state index in [1.165, 1.54) is 12.8 Å². The van der Waals surface area contributed by atoms with Crippen LogP contribution in [0.15, 0.2) is 42.6 Å². The van der Waals surface area contributed by atoms with Gasteiger partial charge in [-0.2, -0.15) is 0 Å². The van der Waals surface area contributed by atoms with Crippen LogP contribution in [0, 0.1) is 17.8 Å². The predicted octanol–water partition coefficient (Wildman–Crippen LogP) is 3.43. The Labute approximate surface area is 124 Å². The zero-order chi connectivity index (χ0) is 14.5. The van der Waals surface area contributed by atoms with Gasteiger partial charge in [-0.25, -0.2) is 4.98 Å². The fourth-order valence-electron chi connectivity index (χ4n) is 1.83. The number of aromatic nitrogens is 1. The van der Waals surface area contributed by atoms with E-state index in [1.54, 1.807) is 13.3 Å². The van der Waals surface area contributed by atoms with Crippen molar-refractivity contribution in [1.29, 1.82) is 0 Å². The van der Waals surface area contributed by atoms with Gasteiger partial charge in [0.2, 0.25) is 0 Å². The number of nitrogens with zero attached hydrogens (tertiary/aromatic N) is 1. The van der Waals surface area contributed by atoms with Crippen molar-refractivity contribution in [1.82, 2.24) is 4.98 Å². The van der Waals surface area contributed by atoms with Crippen molar-refractivity contribution in [3.63, 3.8) is 0 Å². The lowest BCUT2D eigenvalue weighted by atomic mass is 10.2. The molecule has 1 aromatic heterocycles. The van der Waals surface area contributed by atoms with Crippen LogP contribution in [0.25, 0.3) is 0 Å². The molecule has 1 fully saturated rings. The molecule has 1 aliphatic rings. The van der Waals surface area contributed by atoms with Crippen molar-refractivity contribution in [2.24, 2.45) is 5.92 Å². The summed E-state index contributed by atoms with van der Waals surface area (Å²) < 4.78 is 10.8. The molecule has 0 N–H and O–H groups in total. The van der Waals surface area contributed by atoms with Gasteiger partial charge in [-0.1, -0.05) is 18.1 Å². The number of ether oxygens (including phenoxy) is 2. The molecule has 0 radical (unpaired) electrons. The van der Waals surface area contributed by atoms with E-state index in [0.717, 1.165) is 22.8 Å². The van der Waals surface area contributed by atoms with Gasteiger partial charge in [-0.05, 0) is 48.6 Å². The molecule has 0 spiro atoms. The third kappa shape index (κ3) is 4.00. The lowest BCUT2D eigenvalue weighted by Crippen LogP contribution is -1.96. The minimum atomic E-state index is 0.513. The van der Waals surface area contributed by atoms with Gasteiger partial charge in [0.15, 0.2) is 0 Å². The summed E-state index contributed by atoms with van der Waals surface area (Å²) in [4.78, 5) is 4.30. The third-order valence-corrected chi connectivity index (χ3v) is 3.28. The first-order chi connectivity index (χ1) is 10.3. The van der Waals surface area contributed by atoms with E-state index >= 15 is 0 Å². The summed E-state index contributed by atoms with van der Waals surface area (Å²) >= 11 is 0. The summed E-state index contributed by atoms with van der Waals surface area (Å²) in [6.07, 6.45) is 4.19. The van der Waals surface area contributed by atoms with Crippen molar-refractivity contribution < 1.29 is 9.47 Å². The second kappa shape index (κ2) is 6.32. The predicted molar refractivity (Wildman–Crippen MR) is 81.2 cm³/mol. The van der Waals surface area contributed by atoms with Gasteiger partial charge in [0.1, 0.15) is 23.8 Å². The first kappa shape index (κ1) is 13.5. The van der Waals surface area contributed by atoms with Crippen LogP contribution < -0.4 is 9.47 Å². The minimum absolute atomic E-state index is 0.513. The first-order valence-corrected chi connectivity index (χ1v) is 7.07. The molecule has 0 saturated heterocycles. The molecule has 2 aromatic rings. The van der Waals surface area contributed by atoms with E-state index in [0.29, 0.717) is 12.5 Å². The maximum Gasteiger partial charge on any atom is 0.138 e. The van der Waals surface area contributed by atoms with E-state index in [2.05, 4.69) is 16.8 Å². The number of methoxy groups -OCH3 is 1. The Morgan fingerprint density at radius 3 is 2.48 bits per heavy atom. The second-order valence-electron chi connectivity index (χ2n) is 5.06. The molecular formula is C18H17NO2. The highest BCUT2D eigenvalue weighted by atomic mass is 16.5. The van der Waals surface area contributed by atoms with Gasteiger partial charge in [0.05, 0.1) is 13.3 Å². The Bertz CT molecular complexity index is 646. The Hall–Kier alpha value is -2.47. The van der Waals surface area contributed by atoms with Gasteiger partial charge in [-0.3, -0.25) is 0 Å². The standard InChI is InChI=1S/C18H17NO2/c1-20-17-9-5-15(6-10-17)13-21-18-11-8-16(19-12-18)7-4-14-2-3-14/h5-6,8-12,14H,2-3,13H2,1H3. The molecule has 0 amide bonds. The van der Waals surface area contributed by atoms with Crippen molar-refractivity contribution in [3.8, 4) is 23.3 Å². The molecule has 1 saturated carbocycles. The van der Waals surface area contributed by atoms with Gasteiger partial charge in [0.25, 0.3) is 0 Å². The molecule has 1 aliphatic carbocycles. The summed E-state index contributed by atoms with van der Waals surface area (Å²) in [5.74, 6) is 8.48. The number of hydrogen-bond acceptors (Lipinski definition) is 3. The fraction of sp³-hybridized carbons (Fsp3) is 0.278. The van der Waals surface area contributed by atoms with Crippen LogP contribution in [-0.2, 0) is 6.61 Å². The largest absolute Gasteiger partial charge is 0.497 e. The van der Waals surface area contributed by atoms with E-state index in [1.807, 2.05) is 36.4 Å². The van der Waals surface area contributed by atoms with Gasteiger partial charge >= 0.3 is 0 Å². The lowest BCUT2D eigenvalue weighted by Gasteiger charge is -2.06. The normalized spacial score (nSPS) is 13.2. The van der Waals surface area contributed by atoms with Crippen LogP contribution in [-0.4, -0.2) is 12.1 Å². The molecule has 3 rings (SSSR count). The van der Waals surface area contributed by atoms with Crippen molar-refractivity contribution in [2.45, 2.75) is 19.4 Å². The zero-order valence-corrected chi connectivity index (χ0v) is 12.0. The summed E-state index contributed by atoms with van der Waals surface area (Å²) in [7, 11) is 1.66. The topological polar surface area (TPSA) is 31.4 Å². The molecule has 3 heteroatoms. The molecule has 106 valence electrons. The van der Waals surface area contributed by atoms with Crippen LogP contribution in [0.5, 0.6) is 11.5 Å². The number of benzene rings is 1. The Balaban J connectivity index is 1.56. The quantitative estimate of drug-likeness (QED) is 0.803. The smallest absolute Gasteiger partial charge is 0.138 e. The summed E-state index contributed by atoms with van der Waals surface area (Å²) in [6.45, 7) is 0.513. The monoisotopic (exact) mass is 279 g/mol. The molecule has 1 aromatic carbocycles. The average molecular weight is 279 g/mol. The maximum atomic E-state index is 5.71. The molecule has 0 bridgehead atoms. The van der Waals surface area contributed by atoms with Gasteiger partial charge < -0.3 is 9.47 Å². The van der Waals surface area contributed by atoms with Gasteiger partial charge in [-0.15, -0.1) is 0 Å². The highest BCUT2D eigenvalue weighted by Gasteiger charge is 2.17. The second-order valence-corrected chi connectivity index (χ2v) is 5.06. The Morgan fingerprint density at radius 1 is 1.10 bits per heavy atom. The van der Waals surface area contributed by atoms with Crippen LogP contribution in [0.1, 0.15) is 24.1 Å². The SMILES string of the molecule is COc1ccc(COc2ccc(C#CC3CC3)nc2)cc1. The van der Waals surface area contributed by atoms with Crippen LogP contribution in [0.4, 0.5) is 0 Å². The van der Waals surface area contributed by atoms with E-state index in [4.69, 9.17) is 9.47 Å². The minimum Gasteiger partial charge on any atom is -0.497 e. The summed E-state index contributed by atoms with van der Waals surface area (Å²) in [5.41, 5.74) is 1.90. The highest BCUT2D eigenvalue weighted by Crippen LogP contribution is 2.27. The fourth-order valence-corrected chi connectivity index (χ4v) is 1.83. The van der Waals surface area contributed by atoms with E-state index in [9.17, 15) is 0 Å². The molecule has 0 atom stereocenters. The lowest BCUT2D eigenvalue weighted by molar-refractivity contribution is 0.304. The summed E-state index contributed by atoms with van der Waals surface area (Å²) in [6, 6.07) is 11.6. The number of rotatable bonds is 4. The van der Waals surface area contributed by atoms with Crippen molar-refractivity contribution in [3.05, 3.63) is 53.9 Å². The average Bonchev–Trinajstić information content (AvgIpc) is 3.37. The van der Waals surface area contributed by atoms with Gasteiger partial charge in [0, 0.05) is 5.92 Å². The maximum absolute atomic E-state index is 5.71. The Morgan fingerprint density at radius 2 is 1.86 bits per heavy atom. The molecule has 3 nitrogen and oxygen atoms in total.